The molecule has 0 saturated heterocycles. The molecule has 1 atom stereocenters. The number of ether oxygens (including phenoxy) is 1. The van der Waals surface area contributed by atoms with Gasteiger partial charge in [0, 0.05) is 10.4 Å². The van der Waals surface area contributed by atoms with Crippen LogP contribution < -0.4 is 5.32 Å². The van der Waals surface area contributed by atoms with Crippen molar-refractivity contribution in [3.63, 3.8) is 0 Å². The van der Waals surface area contributed by atoms with Gasteiger partial charge in [0.25, 0.3) is 5.91 Å². The van der Waals surface area contributed by atoms with E-state index in [9.17, 15) is 9.59 Å². The van der Waals surface area contributed by atoms with Crippen molar-refractivity contribution >= 4 is 28.2 Å². The number of benzene rings is 1. The number of rotatable bonds is 4. The van der Waals surface area contributed by atoms with Gasteiger partial charge in [0.15, 0.2) is 0 Å². The predicted octanol–water partition coefficient (Wildman–Crippen LogP) is 4.92. The molecule has 1 amide bonds. The summed E-state index contributed by atoms with van der Waals surface area (Å²) >= 11 is 1.52. The molecule has 3 rings (SSSR count). The number of carbonyl (C=O) groups is 2. The number of thiophene rings is 1. The van der Waals surface area contributed by atoms with Crippen LogP contribution in [0.1, 0.15) is 62.6 Å². The fraction of sp³-hybridized carbons (Fsp3) is 0.429. The first kappa shape index (κ1) is 18.6. The third-order valence-electron chi connectivity index (χ3n) is 4.86. The molecule has 1 aromatic carbocycles. The van der Waals surface area contributed by atoms with E-state index in [1.807, 2.05) is 32.0 Å². The van der Waals surface area contributed by atoms with Crippen LogP contribution in [0.5, 0.6) is 0 Å². The van der Waals surface area contributed by atoms with Crippen molar-refractivity contribution in [1.29, 1.82) is 0 Å². The van der Waals surface area contributed by atoms with Crippen molar-refractivity contribution in [2.75, 3.05) is 11.9 Å². The Morgan fingerprint density at radius 1 is 1.31 bits per heavy atom. The molecule has 0 fully saturated rings. The summed E-state index contributed by atoms with van der Waals surface area (Å²) in [6.07, 6.45) is 2.87. The summed E-state index contributed by atoms with van der Waals surface area (Å²) in [7, 11) is 0. The molecule has 2 aromatic rings. The minimum atomic E-state index is -0.337. The van der Waals surface area contributed by atoms with Crippen molar-refractivity contribution in [1.82, 2.24) is 0 Å². The summed E-state index contributed by atoms with van der Waals surface area (Å²) in [5.74, 6) is 0.0815. The van der Waals surface area contributed by atoms with Gasteiger partial charge in [-0.25, -0.2) is 4.79 Å². The van der Waals surface area contributed by atoms with E-state index in [1.165, 1.54) is 16.2 Å². The molecule has 26 heavy (non-hydrogen) atoms. The van der Waals surface area contributed by atoms with E-state index < -0.39 is 0 Å². The second kappa shape index (κ2) is 7.62. The van der Waals surface area contributed by atoms with E-state index in [0.29, 0.717) is 28.7 Å². The zero-order valence-electron chi connectivity index (χ0n) is 15.8. The maximum atomic E-state index is 12.8. The largest absolute Gasteiger partial charge is 0.462 e. The highest BCUT2D eigenvalue weighted by molar-refractivity contribution is 7.17. The van der Waals surface area contributed by atoms with Crippen molar-refractivity contribution in [2.24, 2.45) is 5.92 Å². The summed E-state index contributed by atoms with van der Waals surface area (Å²) in [5.41, 5.74) is 4.20. The lowest BCUT2D eigenvalue weighted by Crippen LogP contribution is -2.17. The zero-order valence-corrected chi connectivity index (χ0v) is 16.6. The van der Waals surface area contributed by atoms with Crippen molar-refractivity contribution in [3.05, 3.63) is 50.9 Å². The maximum absolute atomic E-state index is 12.8. The molecule has 4 nitrogen and oxygen atoms in total. The highest BCUT2D eigenvalue weighted by Gasteiger charge is 2.29. The number of nitrogens with one attached hydrogen (secondary N) is 1. The normalized spacial score (nSPS) is 16.1. The fourth-order valence-electron chi connectivity index (χ4n) is 3.41. The molecular formula is C21H25NO3S. The molecule has 0 bridgehead atoms. The smallest absolute Gasteiger partial charge is 0.341 e. The standard InChI is InChI=1S/C21H25NO3S/c1-5-25-21(24)18-15-9-7-13(3)11-17(15)26-20(18)22-19(23)16-10-12(2)6-8-14(16)4/h6,8,10,13H,5,7,9,11H2,1-4H3,(H,22,23). The molecule has 1 N–H and O–H groups in total. The molecule has 0 spiro atoms. The number of carbonyl (C=O) groups excluding carboxylic acids is 2. The van der Waals surface area contributed by atoms with Crippen LogP contribution in [0.4, 0.5) is 5.00 Å². The van der Waals surface area contributed by atoms with Gasteiger partial charge in [-0.2, -0.15) is 0 Å². The third-order valence-corrected chi connectivity index (χ3v) is 6.03. The van der Waals surface area contributed by atoms with Crippen LogP contribution in [0, 0.1) is 19.8 Å². The Morgan fingerprint density at radius 2 is 2.08 bits per heavy atom. The Kier molecular flexibility index (Phi) is 5.47. The van der Waals surface area contributed by atoms with Gasteiger partial charge in [0.2, 0.25) is 0 Å². The van der Waals surface area contributed by atoms with E-state index in [0.717, 1.165) is 36.0 Å². The highest BCUT2D eigenvalue weighted by Crippen LogP contribution is 2.40. The number of amides is 1. The van der Waals surface area contributed by atoms with Crippen molar-refractivity contribution in [2.45, 2.75) is 47.0 Å². The van der Waals surface area contributed by atoms with Crippen LogP contribution >= 0.6 is 11.3 Å². The van der Waals surface area contributed by atoms with Crippen LogP contribution in [0.2, 0.25) is 0 Å². The number of esters is 1. The average Bonchev–Trinajstić information content (AvgIpc) is 2.94. The fourth-order valence-corrected chi connectivity index (χ4v) is 4.80. The highest BCUT2D eigenvalue weighted by atomic mass is 32.1. The lowest BCUT2D eigenvalue weighted by atomic mass is 9.88. The Labute approximate surface area is 158 Å². The molecule has 1 aliphatic carbocycles. The minimum absolute atomic E-state index is 0.177. The van der Waals surface area contributed by atoms with Crippen LogP contribution in [0.15, 0.2) is 18.2 Å². The molecule has 1 unspecified atom stereocenters. The maximum Gasteiger partial charge on any atom is 0.341 e. The van der Waals surface area contributed by atoms with E-state index in [-0.39, 0.29) is 11.9 Å². The summed E-state index contributed by atoms with van der Waals surface area (Å²) in [6.45, 7) is 8.23. The Hall–Kier alpha value is -2.14. The van der Waals surface area contributed by atoms with E-state index >= 15 is 0 Å². The van der Waals surface area contributed by atoms with E-state index in [1.54, 1.807) is 6.92 Å². The second-order valence-corrected chi connectivity index (χ2v) is 8.15. The van der Waals surface area contributed by atoms with Gasteiger partial charge < -0.3 is 10.1 Å². The Bertz CT molecular complexity index is 853. The van der Waals surface area contributed by atoms with Gasteiger partial charge >= 0.3 is 5.97 Å². The molecule has 0 radical (unpaired) electrons. The summed E-state index contributed by atoms with van der Waals surface area (Å²) in [4.78, 5) is 26.6. The molecule has 138 valence electrons. The first-order valence-electron chi connectivity index (χ1n) is 9.11. The molecule has 0 saturated carbocycles. The number of hydrogen-bond donors (Lipinski definition) is 1. The molecule has 1 heterocycles. The average molecular weight is 372 g/mol. The predicted molar refractivity (Wildman–Crippen MR) is 105 cm³/mol. The number of aryl methyl sites for hydroxylation is 2. The lowest BCUT2D eigenvalue weighted by Gasteiger charge is -2.18. The zero-order chi connectivity index (χ0) is 18.8. The van der Waals surface area contributed by atoms with Gasteiger partial charge in [-0.1, -0.05) is 24.6 Å². The SMILES string of the molecule is CCOC(=O)c1c(NC(=O)c2cc(C)ccc2C)sc2c1CCC(C)C2. The Morgan fingerprint density at radius 3 is 2.81 bits per heavy atom. The minimum Gasteiger partial charge on any atom is -0.462 e. The topological polar surface area (TPSA) is 55.4 Å². The number of fused-ring (bicyclic) bond motifs is 1. The van der Waals surface area contributed by atoms with Gasteiger partial charge in [-0.3, -0.25) is 4.79 Å². The van der Waals surface area contributed by atoms with Crippen LogP contribution in [-0.4, -0.2) is 18.5 Å². The van der Waals surface area contributed by atoms with Crippen LogP contribution in [-0.2, 0) is 17.6 Å². The van der Waals surface area contributed by atoms with Crippen LogP contribution in [0.25, 0.3) is 0 Å². The first-order valence-corrected chi connectivity index (χ1v) is 9.92. The molecule has 1 aliphatic rings. The monoisotopic (exact) mass is 371 g/mol. The Balaban J connectivity index is 1.97. The van der Waals surface area contributed by atoms with E-state index in [2.05, 4.69) is 12.2 Å². The van der Waals surface area contributed by atoms with E-state index in [4.69, 9.17) is 4.74 Å². The second-order valence-electron chi connectivity index (χ2n) is 7.05. The van der Waals surface area contributed by atoms with Gasteiger partial charge in [-0.05, 0) is 63.1 Å². The molecule has 5 heteroatoms. The molecule has 0 aliphatic heterocycles. The third kappa shape index (κ3) is 3.68. The van der Waals surface area contributed by atoms with Crippen molar-refractivity contribution in [3.8, 4) is 0 Å². The molecular weight excluding hydrogens is 346 g/mol. The van der Waals surface area contributed by atoms with Crippen molar-refractivity contribution < 1.29 is 14.3 Å². The first-order chi connectivity index (χ1) is 12.4. The lowest BCUT2D eigenvalue weighted by molar-refractivity contribution is 0.0526. The van der Waals surface area contributed by atoms with Gasteiger partial charge in [0.1, 0.15) is 5.00 Å². The molecule has 1 aromatic heterocycles. The number of anilines is 1. The summed E-state index contributed by atoms with van der Waals surface area (Å²) in [6, 6.07) is 5.81. The van der Waals surface area contributed by atoms with Gasteiger partial charge in [0.05, 0.1) is 12.2 Å². The number of hydrogen-bond acceptors (Lipinski definition) is 4. The van der Waals surface area contributed by atoms with Gasteiger partial charge in [-0.15, -0.1) is 11.3 Å². The quantitative estimate of drug-likeness (QED) is 0.776. The summed E-state index contributed by atoms with van der Waals surface area (Å²) in [5, 5.41) is 3.60. The van der Waals surface area contributed by atoms with Crippen LogP contribution in [0.3, 0.4) is 0 Å². The summed E-state index contributed by atoms with van der Waals surface area (Å²) < 4.78 is 5.27.